The number of rotatable bonds is 4. The number of ether oxygens (including phenoxy) is 1. The third-order valence-corrected chi connectivity index (χ3v) is 3.24. The van der Waals surface area contributed by atoms with Crippen LogP contribution in [0.15, 0.2) is 54.7 Å². The fraction of sp³-hybridized carbons (Fsp3) is 0.0588. The van der Waals surface area contributed by atoms with Crippen LogP contribution in [0.3, 0.4) is 0 Å². The van der Waals surface area contributed by atoms with Crippen molar-refractivity contribution in [2.45, 2.75) is 6.61 Å². The molecule has 6 heteroatoms. The van der Waals surface area contributed by atoms with Gasteiger partial charge in [-0.3, -0.25) is 0 Å². The van der Waals surface area contributed by atoms with Gasteiger partial charge in [0.2, 0.25) is 5.95 Å². The molecule has 0 amide bonds. The summed E-state index contributed by atoms with van der Waals surface area (Å²) in [4.78, 5) is 8.00. The Morgan fingerprint density at radius 2 is 1.87 bits per heavy atom. The predicted octanol–water partition coefficient (Wildman–Crippen LogP) is 3.58. The average molecular weight is 313 g/mol. The summed E-state index contributed by atoms with van der Waals surface area (Å²) in [7, 11) is 0. The molecule has 0 aliphatic carbocycles. The molecule has 2 aromatic carbocycles. The summed E-state index contributed by atoms with van der Waals surface area (Å²) in [5, 5.41) is 0. The van der Waals surface area contributed by atoms with Crippen molar-refractivity contribution < 1.29 is 13.5 Å². The topological polar surface area (TPSA) is 61.0 Å². The minimum absolute atomic E-state index is 0.0241. The van der Waals surface area contributed by atoms with E-state index in [-0.39, 0.29) is 18.1 Å². The number of nitrogens with zero attached hydrogens (tertiary/aromatic N) is 2. The molecule has 2 N–H and O–H groups in total. The zero-order valence-corrected chi connectivity index (χ0v) is 12.0. The molecule has 23 heavy (non-hydrogen) atoms. The summed E-state index contributed by atoms with van der Waals surface area (Å²) in [6, 6.07) is 12.3. The van der Waals surface area contributed by atoms with E-state index in [1.54, 1.807) is 24.4 Å². The normalized spacial score (nSPS) is 10.5. The highest BCUT2D eigenvalue weighted by Gasteiger charge is 2.10. The van der Waals surface area contributed by atoms with E-state index in [1.807, 2.05) is 12.1 Å². The quantitative estimate of drug-likeness (QED) is 0.799. The van der Waals surface area contributed by atoms with Crippen molar-refractivity contribution in [2.24, 2.45) is 0 Å². The molecule has 0 radical (unpaired) electrons. The molecule has 0 saturated heterocycles. The van der Waals surface area contributed by atoms with E-state index in [4.69, 9.17) is 10.5 Å². The number of nitrogens with two attached hydrogens (primary N) is 1. The highest BCUT2D eigenvalue weighted by Crippen LogP contribution is 2.29. The van der Waals surface area contributed by atoms with Crippen molar-refractivity contribution in [2.75, 3.05) is 5.73 Å². The molecule has 1 aromatic heterocycles. The minimum atomic E-state index is -0.645. The number of anilines is 1. The molecule has 3 rings (SSSR count). The van der Waals surface area contributed by atoms with Crippen molar-refractivity contribution in [1.29, 1.82) is 0 Å². The largest absolute Gasteiger partial charge is 0.488 e. The SMILES string of the molecule is Nc1nccc(-c2ccccc2OCc2ccc(F)cc2F)n1. The Kier molecular flexibility index (Phi) is 4.14. The van der Waals surface area contributed by atoms with Crippen LogP contribution < -0.4 is 10.5 Å². The summed E-state index contributed by atoms with van der Waals surface area (Å²) in [5.41, 5.74) is 7.18. The Bertz CT molecular complexity index is 840. The van der Waals surface area contributed by atoms with Crippen LogP contribution in [0.2, 0.25) is 0 Å². The first-order chi connectivity index (χ1) is 11.1. The maximum Gasteiger partial charge on any atom is 0.220 e. The third-order valence-electron chi connectivity index (χ3n) is 3.24. The molecular weight excluding hydrogens is 300 g/mol. The predicted molar refractivity (Wildman–Crippen MR) is 82.6 cm³/mol. The molecule has 0 spiro atoms. The summed E-state index contributed by atoms with van der Waals surface area (Å²) >= 11 is 0. The summed E-state index contributed by atoms with van der Waals surface area (Å²) in [6.07, 6.45) is 1.55. The number of hydrogen-bond donors (Lipinski definition) is 1. The van der Waals surface area contributed by atoms with Crippen molar-refractivity contribution in [3.63, 3.8) is 0 Å². The highest BCUT2D eigenvalue weighted by molar-refractivity contribution is 5.67. The van der Waals surface area contributed by atoms with E-state index in [0.29, 0.717) is 17.0 Å². The molecule has 0 aliphatic heterocycles. The van der Waals surface area contributed by atoms with Crippen molar-refractivity contribution in [1.82, 2.24) is 9.97 Å². The highest BCUT2D eigenvalue weighted by atomic mass is 19.1. The lowest BCUT2D eigenvalue weighted by Crippen LogP contribution is -2.01. The Morgan fingerprint density at radius 1 is 1.04 bits per heavy atom. The number of nitrogen functional groups attached to an aromatic ring is 1. The monoisotopic (exact) mass is 313 g/mol. The van der Waals surface area contributed by atoms with Crippen molar-refractivity contribution in [3.8, 4) is 17.0 Å². The molecule has 0 bridgehead atoms. The zero-order valence-electron chi connectivity index (χ0n) is 12.0. The van der Waals surface area contributed by atoms with Gasteiger partial charge in [-0.1, -0.05) is 12.1 Å². The van der Waals surface area contributed by atoms with E-state index in [9.17, 15) is 8.78 Å². The maximum atomic E-state index is 13.7. The second-order valence-electron chi connectivity index (χ2n) is 4.82. The van der Waals surface area contributed by atoms with Crippen molar-refractivity contribution >= 4 is 5.95 Å². The first-order valence-corrected chi connectivity index (χ1v) is 6.88. The fourth-order valence-electron chi connectivity index (χ4n) is 2.12. The molecule has 4 nitrogen and oxygen atoms in total. The first kappa shape index (κ1) is 14.9. The van der Waals surface area contributed by atoms with E-state index in [1.165, 1.54) is 12.1 Å². The maximum absolute atomic E-state index is 13.7. The van der Waals surface area contributed by atoms with E-state index < -0.39 is 11.6 Å². The molecule has 0 fully saturated rings. The average Bonchev–Trinajstić information content (AvgIpc) is 2.54. The second kappa shape index (κ2) is 6.39. The molecule has 0 atom stereocenters. The first-order valence-electron chi connectivity index (χ1n) is 6.88. The van der Waals surface area contributed by atoms with Crippen LogP contribution in [-0.2, 0) is 6.61 Å². The number of para-hydroxylation sites is 1. The van der Waals surface area contributed by atoms with Crippen LogP contribution in [0, 0.1) is 11.6 Å². The lowest BCUT2D eigenvalue weighted by molar-refractivity contribution is 0.300. The molecular formula is C17H13F2N3O. The van der Waals surface area contributed by atoms with Gasteiger partial charge >= 0.3 is 0 Å². The second-order valence-corrected chi connectivity index (χ2v) is 4.82. The molecule has 0 aliphatic rings. The van der Waals surface area contributed by atoms with Gasteiger partial charge in [0.25, 0.3) is 0 Å². The van der Waals surface area contributed by atoms with Gasteiger partial charge in [-0.05, 0) is 30.3 Å². The Morgan fingerprint density at radius 3 is 2.65 bits per heavy atom. The number of hydrogen-bond acceptors (Lipinski definition) is 4. The Hall–Kier alpha value is -3.02. The Labute approximate surface area is 131 Å². The van der Waals surface area contributed by atoms with Gasteiger partial charge in [0.1, 0.15) is 24.0 Å². The van der Waals surface area contributed by atoms with Crippen LogP contribution in [0.4, 0.5) is 14.7 Å². The van der Waals surface area contributed by atoms with Gasteiger partial charge in [0.15, 0.2) is 0 Å². The van der Waals surface area contributed by atoms with Gasteiger partial charge in [-0.15, -0.1) is 0 Å². The van der Waals surface area contributed by atoms with E-state index in [2.05, 4.69) is 9.97 Å². The van der Waals surface area contributed by atoms with Crippen molar-refractivity contribution in [3.05, 3.63) is 71.9 Å². The molecule has 3 aromatic rings. The van der Waals surface area contributed by atoms with Crippen LogP contribution in [-0.4, -0.2) is 9.97 Å². The van der Waals surface area contributed by atoms with Gasteiger partial charge in [-0.25, -0.2) is 18.7 Å². The van der Waals surface area contributed by atoms with Gasteiger partial charge in [0, 0.05) is 23.4 Å². The number of aromatic nitrogens is 2. The standard InChI is InChI=1S/C17H13F2N3O/c18-12-6-5-11(14(19)9-12)10-23-16-4-2-1-3-13(16)15-7-8-21-17(20)22-15/h1-9H,10H2,(H2,20,21,22). The van der Waals surface area contributed by atoms with Crippen LogP contribution in [0.25, 0.3) is 11.3 Å². The fourth-order valence-corrected chi connectivity index (χ4v) is 2.12. The van der Waals surface area contributed by atoms with Gasteiger partial charge in [0.05, 0.1) is 5.69 Å². The molecule has 0 unspecified atom stereocenters. The lowest BCUT2D eigenvalue weighted by Gasteiger charge is -2.11. The van der Waals surface area contributed by atoms with E-state index >= 15 is 0 Å². The minimum Gasteiger partial charge on any atom is -0.488 e. The molecule has 1 heterocycles. The molecule has 0 saturated carbocycles. The third kappa shape index (κ3) is 3.42. The number of halogens is 2. The van der Waals surface area contributed by atoms with Crippen LogP contribution >= 0.6 is 0 Å². The van der Waals surface area contributed by atoms with E-state index in [0.717, 1.165) is 6.07 Å². The van der Waals surface area contributed by atoms with Crippen LogP contribution in [0.5, 0.6) is 5.75 Å². The number of benzene rings is 2. The summed E-state index contributed by atoms with van der Waals surface area (Å²) in [6.45, 7) is -0.0241. The summed E-state index contributed by atoms with van der Waals surface area (Å²) in [5.74, 6) is -0.590. The van der Waals surface area contributed by atoms with Crippen LogP contribution in [0.1, 0.15) is 5.56 Å². The van der Waals surface area contributed by atoms with Gasteiger partial charge < -0.3 is 10.5 Å². The smallest absolute Gasteiger partial charge is 0.220 e. The lowest BCUT2D eigenvalue weighted by atomic mass is 10.1. The van der Waals surface area contributed by atoms with Gasteiger partial charge in [-0.2, -0.15) is 0 Å². The summed E-state index contributed by atoms with van der Waals surface area (Å²) < 4.78 is 32.3. The molecule has 116 valence electrons. The zero-order chi connectivity index (χ0) is 16.2. The Balaban J connectivity index is 1.86.